The van der Waals surface area contributed by atoms with Gasteiger partial charge in [-0.25, -0.2) is 0 Å². The zero-order valence-corrected chi connectivity index (χ0v) is 17.6. The molecule has 0 amide bonds. The summed E-state index contributed by atoms with van der Waals surface area (Å²) in [7, 11) is 0. The van der Waals surface area contributed by atoms with E-state index in [-0.39, 0.29) is 5.41 Å². The third-order valence-electron chi connectivity index (χ3n) is 7.29. The van der Waals surface area contributed by atoms with E-state index in [1.54, 1.807) is 6.07 Å². The largest absolute Gasteiger partial charge is 0.508 e. The Bertz CT molecular complexity index is 802. The number of phenolic OH excluding ortho intramolecular Hbond substituents is 1. The van der Waals surface area contributed by atoms with Crippen molar-refractivity contribution in [3.05, 3.63) is 65.2 Å². The smallest absolute Gasteiger partial charge is 0.115 e. The molecule has 4 rings (SSSR count). The minimum atomic E-state index is 0.117. The molecule has 0 aliphatic carbocycles. The second kappa shape index (κ2) is 7.88. The van der Waals surface area contributed by atoms with Gasteiger partial charge < -0.3 is 5.11 Å². The summed E-state index contributed by atoms with van der Waals surface area (Å²) < 4.78 is 0. The molecule has 3 heteroatoms. The predicted octanol–water partition coefficient (Wildman–Crippen LogP) is 4.44. The number of fused-ring (bicyclic) bond motifs is 1. The van der Waals surface area contributed by atoms with Crippen LogP contribution in [0.5, 0.6) is 5.75 Å². The Balaban J connectivity index is 1.47. The highest BCUT2D eigenvalue weighted by Gasteiger charge is 2.44. The van der Waals surface area contributed by atoms with E-state index in [9.17, 15) is 5.11 Å². The molecule has 2 saturated heterocycles. The van der Waals surface area contributed by atoms with Gasteiger partial charge in [0.15, 0.2) is 0 Å². The van der Waals surface area contributed by atoms with Crippen molar-refractivity contribution in [2.45, 2.75) is 51.6 Å². The number of benzene rings is 2. The zero-order valence-electron chi connectivity index (χ0n) is 17.6. The Morgan fingerprint density at radius 1 is 1.04 bits per heavy atom. The van der Waals surface area contributed by atoms with E-state index >= 15 is 0 Å². The third-order valence-corrected chi connectivity index (χ3v) is 7.29. The van der Waals surface area contributed by atoms with Gasteiger partial charge in [-0.3, -0.25) is 9.80 Å². The average Bonchev–Trinajstić information content (AvgIpc) is 2.70. The van der Waals surface area contributed by atoms with Crippen LogP contribution in [0.1, 0.15) is 43.9 Å². The van der Waals surface area contributed by atoms with Gasteiger partial charge in [0.05, 0.1) is 0 Å². The molecule has 3 unspecified atom stereocenters. The molecule has 2 aromatic carbocycles. The highest BCUT2D eigenvalue weighted by molar-refractivity contribution is 5.34. The molecule has 0 spiro atoms. The molecule has 0 bridgehead atoms. The van der Waals surface area contributed by atoms with Crippen molar-refractivity contribution >= 4 is 0 Å². The number of rotatable bonds is 4. The van der Waals surface area contributed by atoms with E-state index in [1.807, 2.05) is 12.1 Å². The normalized spacial score (nSPS) is 28.8. The topological polar surface area (TPSA) is 26.7 Å². The molecular weight excluding hydrogens is 344 g/mol. The fourth-order valence-corrected chi connectivity index (χ4v) is 5.18. The second-order valence-electron chi connectivity index (χ2n) is 9.13. The van der Waals surface area contributed by atoms with Crippen molar-refractivity contribution in [2.24, 2.45) is 5.92 Å². The molecule has 0 radical (unpaired) electrons. The number of phenols is 1. The second-order valence-corrected chi connectivity index (χ2v) is 9.13. The van der Waals surface area contributed by atoms with E-state index in [4.69, 9.17) is 0 Å². The minimum Gasteiger partial charge on any atom is -0.508 e. The van der Waals surface area contributed by atoms with Crippen LogP contribution in [-0.2, 0) is 18.4 Å². The van der Waals surface area contributed by atoms with Crippen molar-refractivity contribution in [3.63, 3.8) is 0 Å². The number of piperidine rings is 1. The summed E-state index contributed by atoms with van der Waals surface area (Å²) in [6, 6.07) is 17.7. The average molecular weight is 379 g/mol. The van der Waals surface area contributed by atoms with Gasteiger partial charge in [-0.1, -0.05) is 57.2 Å². The molecule has 0 saturated carbocycles. The first kappa shape index (κ1) is 19.5. The molecular formula is C25H34N2O. The maximum absolute atomic E-state index is 10.0. The summed E-state index contributed by atoms with van der Waals surface area (Å²) in [4.78, 5) is 5.33. The van der Waals surface area contributed by atoms with Crippen LogP contribution in [0.15, 0.2) is 48.5 Å². The van der Waals surface area contributed by atoms with Crippen LogP contribution < -0.4 is 0 Å². The van der Waals surface area contributed by atoms with Crippen LogP contribution in [-0.4, -0.2) is 47.1 Å². The molecule has 2 fully saturated rings. The molecule has 2 aliphatic heterocycles. The lowest BCUT2D eigenvalue weighted by atomic mass is 9.65. The van der Waals surface area contributed by atoms with Crippen molar-refractivity contribution in [2.75, 3.05) is 26.2 Å². The number of aryl methyl sites for hydroxylation is 1. The molecule has 150 valence electrons. The molecule has 2 heterocycles. The van der Waals surface area contributed by atoms with Gasteiger partial charge in [0, 0.05) is 38.8 Å². The van der Waals surface area contributed by atoms with E-state index in [1.165, 1.54) is 16.7 Å². The Hall–Kier alpha value is -1.84. The van der Waals surface area contributed by atoms with Gasteiger partial charge in [0.25, 0.3) is 0 Å². The maximum Gasteiger partial charge on any atom is 0.115 e. The van der Waals surface area contributed by atoms with Gasteiger partial charge in [-0.2, -0.15) is 0 Å². The van der Waals surface area contributed by atoms with Crippen molar-refractivity contribution in [1.29, 1.82) is 0 Å². The quantitative estimate of drug-likeness (QED) is 0.852. The van der Waals surface area contributed by atoms with Crippen molar-refractivity contribution in [3.8, 4) is 5.75 Å². The first-order chi connectivity index (χ1) is 13.5. The number of hydrogen-bond donors (Lipinski definition) is 1. The maximum atomic E-state index is 10.0. The van der Waals surface area contributed by atoms with Crippen molar-refractivity contribution < 1.29 is 5.11 Å². The summed E-state index contributed by atoms with van der Waals surface area (Å²) >= 11 is 0. The van der Waals surface area contributed by atoms with Crippen LogP contribution in [0, 0.1) is 5.92 Å². The first-order valence-electron chi connectivity index (χ1n) is 10.8. The lowest BCUT2D eigenvalue weighted by molar-refractivity contribution is -0.00557. The standard InChI is InChI=1S/C25H34N2O/c1-4-20-8-10-21(11-9-20)17-26-12-13-27-16-19(2)25(3,15-23(27)18-26)22-6-5-7-24(28)14-22/h5-11,14,19,23,28H,4,12-13,15-18H2,1-3H3. The summed E-state index contributed by atoms with van der Waals surface area (Å²) in [5.74, 6) is 0.966. The van der Waals surface area contributed by atoms with Crippen LogP contribution in [0.4, 0.5) is 0 Å². The van der Waals surface area contributed by atoms with Crippen LogP contribution in [0.3, 0.4) is 0 Å². The molecule has 28 heavy (non-hydrogen) atoms. The van der Waals surface area contributed by atoms with Gasteiger partial charge >= 0.3 is 0 Å². The van der Waals surface area contributed by atoms with E-state index in [2.05, 4.69) is 60.9 Å². The molecule has 1 N–H and O–H groups in total. The van der Waals surface area contributed by atoms with Crippen molar-refractivity contribution in [1.82, 2.24) is 9.80 Å². The monoisotopic (exact) mass is 378 g/mol. The Morgan fingerprint density at radius 2 is 1.79 bits per heavy atom. The van der Waals surface area contributed by atoms with Gasteiger partial charge in [0.1, 0.15) is 5.75 Å². The van der Waals surface area contributed by atoms with Crippen LogP contribution in [0.2, 0.25) is 0 Å². The van der Waals surface area contributed by atoms with E-state index in [0.29, 0.717) is 17.7 Å². The lowest BCUT2D eigenvalue weighted by Crippen LogP contribution is -2.60. The van der Waals surface area contributed by atoms with Crippen LogP contribution >= 0.6 is 0 Å². The first-order valence-corrected chi connectivity index (χ1v) is 10.8. The Kier molecular flexibility index (Phi) is 5.48. The fourth-order valence-electron chi connectivity index (χ4n) is 5.18. The van der Waals surface area contributed by atoms with Gasteiger partial charge in [-0.15, -0.1) is 0 Å². The lowest BCUT2D eigenvalue weighted by Gasteiger charge is -2.53. The molecule has 2 aromatic rings. The zero-order chi connectivity index (χ0) is 19.7. The van der Waals surface area contributed by atoms with E-state index in [0.717, 1.165) is 45.6 Å². The summed E-state index contributed by atoms with van der Waals surface area (Å²) in [6.07, 6.45) is 2.26. The minimum absolute atomic E-state index is 0.117. The van der Waals surface area contributed by atoms with Crippen LogP contribution in [0.25, 0.3) is 0 Å². The number of nitrogens with zero attached hydrogens (tertiary/aromatic N) is 2. The summed E-state index contributed by atoms with van der Waals surface area (Å²) in [5.41, 5.74) is 4.24. The number of aromatic hydroxyl groups is 1. The van der Waals surface area contributed by atoms with Gasteiger partial charge in [-0.05, 0) is 53.0 Å². The number of piperazine rings is 1. The Labute approximate surface area is 170 Å². The Morgan fingerprint density at radius 3 is 2.50 bits per heavy atom. The van der Waals surface area contributed by atoms with E-state index < -0.39 is 0 Å². The molecule has 0 aromatic heterocycles. The SMILES string of the molecule is CCc1ccc(CN2CCN3CC(C)C(C)(c4cccc(O)c4)CC3C2)cc1. The third kappa shape index (κ3) is 3.83. The summed E-state index contributed by atoms with van der Waals surface area (Å²) in [5, 5.41) is 10.0. The molecule has 2 aliphatic rings. The predicted molar refractivity (Wildman–Crippen MR) is 116 cm³/mol. The fraction of sp³-hybridized carbons (Fsp3) is 0.520. The highest BCUT2D eigenvalue weighted by atomic mass is 16.3. The molecule has 3 atom stereocenters. The summed E-state index contributed by atoms with van der Waals surface area (Å²) in [6.45, 7) is 12.6. The number of hydrogen-bond acceptors (Lipinski definition) is 3. The highest BCUT2D eigenvalue weighted by Crippen LogP contribution is 2.43. The molecule has 3 nitrogen and oxygen atoms in total. The van der Waals surface area contributed by atoms with Gasteiger partial charge in [0.2, 0.25) is 0 Å².